The van der Waals surface area contributed by atoms with Crippen LogP contribution < -0.4 is 5.32 Å². The Bertz CT molecular complexity index is 626. The Labute approximate surface area is 149 Å². The Morgan fingerprint density at radius 3 is 2.80 bits per heavy atom. The van der Waals surface area contributed by atoms with E-state index < -0.39 is 15.9 Å². The highest BCUT2D eigenvalue weighted by molar-refractivity contribution is 7.90. The molecule has 1 aromatic carbocycles. The number of hydrogen-bond acceptors (Lipinski definition) is 5. The highest BCUT2D eigenvalue weighted by Crippen LogP contribution is 2.12. The van der Waals surface area contributed by atoms with Crippen LogP contribution in [0.3, 0.4) is 0 Å². The Morgan fingerprint density at radius 1 is 1.36 bits per heavy atom. The fraction of sp³-hybridized carbons (Fsp3) is 0.611. The second-order valence-electron chi connectivity index (χ2n) is 6.33. The van der Waals surface area contributed by atoms with Crippen molar-refractivity contribution in [2.75, 3.05) is 25.5 Å². The molecule has 1 fully saturated rings. The minimum Gasteiger partial charge on any atom is -0.376 e. The van der Waals surface area contributed by atoms with E-state index in [-0.39, 0.29) is 23.5 Å². The lowest BCUT2D eigenvalue weighted by atomic mass is 10.2. The summed E-state index contributed by atoms with van der Waals surface area (Å²) in [5.41, 5.74) is 0.780. The average molecular weight is 369 g/mol. The summed E-state index contributed by atoms with van der Waals surface area (Å²) in [5.74, 6) is -0.144. The number of carbonyl (C=O) groups excluding carboxylic acids is 1. The summed E-state index contributed by atoms with van der Waals surface area (Å²) in [6.07, 6.45) is 1.91. The third kappa shape index (κ3) is 7.54. The zero-order chi connectivity index (χ0) is 18.1. The van der Waals surface area contributed by atoms with Gasteiger partial charge in [0.25, 0.3) is 0 Å². The van der Waals surface area contributed by atoms with Gasteiger partial charge < -0.3 is 14.8 Å². The van der Waals surface area contributed by atoms with Gasteiger partial charge in [-0.15, -0.1) is 0 Å². The van der Waals surface area contributed by atoms with Crippen LogP contribution in [0, 0.1) is 0 Å². The minimum absolute atomic E-state index is 0.0304. The van der Waals surface area contributed by atoms with Crippen molar-refractivity contribution >= 4 is 15.7 Å². The van der Waals surface area contributed by atoms with Gasteiger partial charge in [0.15, 0.2) is 9.84 Å². The topological polar surface area (TPSA) is 81.7 Å². The highest BCUT2D eigenvalue weighted by Gasteiger charge is 2.20. The number of benzene rings is 1. The molecule has 0 saturated carbocycles. The molecule has 2 atom stereocenters. The third-order valence-electron chi connectivity index (χ3n) is 4.09. The lowest BCUT2D eigenvalue weighted by Gasteiger charge is -2.16. The Balaban J connectivity index is 1.61. The lowest BCUT2D eigenvalue weighted by Crippen LogP contribution is -2.37. The van der Waals surface area contributed by atoms with Crippen LogP contribution in [0.1, 0.15) is 31.7 Å². The molecule has 7 heteroatoms. The Hall–Kier alpha value is -1.44. The summed E-state index contributed by atoms with van der Waals surface area (Å²) in [5, 5.41) is 2.73. The average Bonchev–Trinajstić information content (AvgIpc) is 3.10. The van der Waals surface area contributed by atoms with E-state index in [0.717, 1.165) is 25.0 Å². The fourth-order valence-electron chi connectivity index (χ4n) is 2.65. The third-order valence-corrected chi connectivity index (χ3v) is 5.77. The Morgan fingerprint density at radius 2 is 2.12 bits per heavy atom. The number of hydrogen-bond donors (Lipinski definition) is 1. The van der Waals surface area contributed by atoms with Crippen molar-refractivity contribution < 1.29 is 22.7 Å². The maximum atomic E-state index is 12.1. The van der Waals surface area contributed by atoms with Crippen LogP contribution in [-0.4, -0.2) is 52.0 Å². The highest BCUT2D eigenvalue weighted by atomic mass is 32.2. The van der Waals surface area contributed by atoms with Gasteiger partial charge in [-0.3, -0.25) is 4.79 Å². The molecule has 0 spiro atoms. The first-order valence-electron chi connectivity index (χ1n) is 8.71. The summed E-state index contributed by atoms with van der Waals surface area (Å²) in [6, 6.07) is 9.10. The van der Waals surface area contributed by atoms with E-state index in [1.807, 2.05) is 18.2 Å². The van der Waals surface area contributed by atoms with E-state index in [1.165, 1.54) is 0 Å². The first-order valence-corrected chi connectivity index (χ1v) is 10.5. The van der Waals surface area contributed by atoms with Crippen LogP contribution in [0.25, 0.3) is 0 Å². The van der Waals surface area contributed by atoms with Gasteiger partial charge in [-0.05, 0) is 31.7 Å². The van der Waals surface area contributed by atoms with Crippen molar-refractivity contribution in [1.29, 1.82) is 0 Å². The summed E-state index contributed by atoms with van der Waals surface area (Å²) in [4.78, 5) is 11.9. The molecular formula is C18H27NO5S. The van der Waals surface area contributed by atoms with Gasteiger partial charge in [0.05, 0.1) is 24.2 Å². The second-order valence-corrected chi connectivity index (χ2v) is 8.52. The molecule has 6 nitrogen and oxygen atoms in total. The fourth-order valence-corrected chi connectivity index (χ4v) is 4.08. The molecule has 2 rings (SSSR count). The van der Waals surface area contributed by atoms with Crippen molar-refractivity contribution in [3.8, 4) is 0 Å². The molecule has 1 N–H and O–H groups in total. The van der Waals surface area contributed by atoms with Crippen molar-refractivity contribution in [2.45, 2.75) is 44.1 Å². The predicted molar refractivity (Wildman–Crippen MR) is 95.9 cm³/mol. The van der Waals surface area contributed by atoms with Gasteiger partial charge in [-0.1, -0.05) is 30.3 Å². The molecule has 25 heavy (non-hydrogen) atoms. The molecule has 0 aromatic heterocycles. The van der Waals surface area contributed by atoms with Gasteiger partial charge in [0, 0.05) is 13.2 Å². The number of amides is 1. The van der Waals surface area contributed by atoms with E-state index in [9.17, 15) is 13.2 Å². The first kappa shape index (κ1) is 19.9. The van der Waals surface area contributed by atoms with Gasteiger partial charge in [-0.25, -0.2) is 8.42 Å². The molecule has 140 valence electrons. The maximum absolute atomic E-state index is 12.1. The van der Waals surface area contributed by atoms with Crippen LogP contribution >= 0.6 is 0 Å². The van der Waals surface area contributed by atoms with Crippen molar-refractivity contribution in [3.05, 3.63) is 35.9 Å². The standard InChI is InChI=1S/C18H27NO5S/c1-15(24-13-17-9-5-11-23-17)18(20)19-10-6-12-25(21,22)14-16-7-3-2-4-8-16/h2-4,7-8,15,17H,5-6,9-14H2,1H3,(H,19,20). The van der Waals surface area contributed by atoms with Crippen LogP contribution in [0.5, 0.6) is 0 Å². The largest absolute Gasteiger partial charge is 0.376 e. The van der Waals surface area contributed by atoms with Crippen LogP contribution in [0.4, 0.5) is 0 Å². The van der Waals surface area contributed by atoms with E-state index in [0.29, 0.717) is 19.6 Å². The molecule has 1 aliphatic heterocycles. The first-order chi connectivity index (χ1) is 12.0. The molecule has 1 aliphatic rings. The van der Waals surface area contributed by atoms with Crippen molar-refractivity contribution in [3.63, 3.8) is 0 Å². The molecule has 2 unspecified atom stereocenters. The SMILES string of the molecule is CC(OCC1CCCO1)C(=O)NCCCS(=O)(=O)Cc1ccccc1. The lowest BCUT2D eigenvalue weighted by molar-refractivity contribution is -0.133. The van der Waals surface area contributed by atoms with E-state index >= 15 is 0 Å². The maximum Gasteiger partial charge on any atom is 0.248 e. The van der Waals surface area contributed by atoms with E-state index in [1.54, 1.807) is 19.1 Å². The summed E-state index contributed by atoms with van der Waals surface area (Å²) in [6.45, 7) is 3.18. The summed E-state index contributed by atoms with van der Waals surface area (Å²) in [7, 11) is -3.17. The summed E-state index contributed by atoms with van der Waals surface area (Å²) < 4.78 is 35.1. The van der Waals surface area contributed by atoms with Crippen molar-refractivity contribution in [2.24, 2.45) is 0 Å². The molecular weight excluding hydrogens is 342 g/mol. The molecule has 1 aromatic rings. The smallest absolute Gasteiger partial charge is 0.248 e. The number of sulfone groups is 1. The summed E-state index contributed by atoms with van der Waals surface area (Å²) >= 11 is 0. The zero-order valence-electron chi connectivity index (χ0n) is 14.6. The van der Waals surface area contributed by atoms with Crippen molar-refractivity contribution in [1.82, 2.24) is 5.32 Å². The van der Waals surface area contributed by atoms with Crippen LogP contribution in [-0.2, 0) is 29.9 Å². The molecule has 0 aliphatic carbocycles. The second kappa shape index (κ2) is 9.89. The van der Waals surface area contributed by atoms with Gasteiger partial charge in [-0.2, -0.15) is 0 Å². The normalized spacial score (nSPS) is 18.8. The van der Waals surface area contributed by atoms with Gasteiger partial charge in [0.2, 0.25) is 5.91 Å². The molecule has 0 bridgehead atoms. The Kier molecular flexibility index (Phi) is 7.87. The number of nitrogens with one attached hydrogen (secondary N) is 1. The van der Waals surface area contributed by atoms with E-state index in [4.69, 9.17) is 9.47 Å². The molecule has 1 amide bonds. The van der Waals surface area contributed by atoms with Crippen LogP contribution in [0.2, 0.25) is 0 Å². The quantitative estimate of drug-likeness (QED) is 0.635. The van der Waals surface area contributed by atoms with Gasteiger partial charge >= 0.3 is 0 Å². The minimum atomic E-state index is -3.17. The predicted octanol–water partition coefficient (Wildman–Crippen LogP) is 1.69. The van der Waals surface area contributed by atoms with Crippen LogP contribution in [0.15, 0.2) is 30.3 Å². The van der Waals surface area contributed by atoms with E-state index in [2.05, 4.69) is 5.32 Å². The number of carbonyl (C=O) groups is 1. The molecule has 1 saturated heterocycles. The zero-order valence-corrected chi connectivity index (χ0v) is 15.5. The number of rotatable bonds is 10. The number of ether oxygens (including phenoxy) is 2. The monoisotopic (exact) mass is 369 g/mol. The molecule has 0 radical (unpaired) electrons. The molecule has 1 heterocycles. The van der Waals surface area contributed by atoms with Gasteiger partial charge in [0.1, 0.15) is 6.10 Å².